The molecule has 2 aromatic carbocycles. The number of ketones is 1. The summed E-state index contributed by atoms with van der Waals surface area (Å²) in [5.74, 6) is 0.219. The molecule has 0 bridgehead atoms. The zero-order valence-corrected chi connectivity index (χ0v) is 14.7. The molecule has 0 radical (unpaired) electrons. The number of Topliss-reactive ketones (excluding diaryl/α,β-unsaturated/α-hetero) is 1. The zero-order valence-electron chi connectivity index (χ0n) is 13.2. The monoisotopic (exact) mass is 359 g/mol. The number of benzene rings is 2. The lowest BCUT2D eigenvalue weighted by Crippen LogP contribution is -2.05. The van der Waals surface area contributed by atoms with Gasteiger partial charge in [-0.25, -0.2) is 0 Å². The number of halogens is 2. The minimum Gasteiger partial charge on any atom is -0.491 e. The van der Waals surface area contributed by atoms with Gasteiger partial charge in [-0.15, -0.1) is 0 Å². The first-order valence-electron chi connectivity index (χ1n) is 7.29. The summed E-state index contributed by atoms with van der Waals surface area (Å²) in [6.07, 6.45) is 1.58. The highest BCUT2D eigenvalue weighted by Crippen LogP contribution is 2.27. The largest absolute Gasteiger partial charge is 0.491 e. The van der Waals surface area contributed by atoms with Gasteiger partial charge in [0, 0.05) is 0 Å². The van der Waals surface area contributed by atoms with Crippen LogP contribution < -0.4 is 4.74 Å². The van der Waals surface area contributed by atoms with E-state index in [1.807, 2.05) is 19.9 Å². The molecule has 2 aromatic rings. The molecule has 0 heterocycles. The second kappa shape index (κ2) is 8.01. The summed E-state index contributed by atoms with van der Waals surface area (Å²) in [6.45, 7) is 3.88. The fourth-order valence-electron chi connectivity index (χ4n) is 2.08. The summed E-state index contributed by atoms with van der Waals surface area (Å²) < 4.78 is 5.56. The summed E-state index contributed by atoms with van der Waals surface area (Å²) in [7, 11) is 0. The Morgan fingerprint density at radius 2 is 1.71 bits per heavy atom. The summed E-state index contributed by atoms with van der Waals surface area (Å²) in [5.41, 5.74) is 0.801. The highest BCUT2D eigenvalue weighted by Gasteiger charge is 2.18. The van der Waals surface area contributed by atoms with E-state index in [1.54, 1.807) is 42.5 Å². The molecule has 2 rings (SSSR count). The number of carbonyl (C=O) groups is 1. The Morgan fingerprint density at radius 1 is 1.12 bits per heavy atom. The van der Waals surface area contributed by atoms with E-state index < -0.39 is 5.78 Å². The number of hydrogen-bond acceptors (Lipinski definition) is 3. The maximum absolute atomic E-state index is 12.5. The lowest BCUT2D eigenvalue weighted by molar-refractivity contribution is 0.104. The molecule has 0 fully saturated rings. The van der Waals surface area contributed by atoms with Crippen LogP contribution in [0.4, 0.5) is 0 Å². The third-order valence-corrected chi connectivity index (χ3v) is 3.75. The van der Waals surface area contributed by atoms with Crippen LogP contribution in [0.15, 0.2) is 48.0 Å². The van der Waals surface area contributed by atoms with Gasteiger partial charge in [-0.3, -0.25) is 4.79 Å². The molecule has 24 heavy (non-hydrogen) atoms. The van der Waals surface area contributed by atoms with Gasteiger partial charge >= 0.3 is 0 Å². The molecule has 122 valence electrons. The maximum atomic E-state index is 12.5. The van der Waals surface area contributed by atoms with Gasteiger partial charge in [0.1, 0.15) is 17.4 Å². The van der Waals surface area contributed by atoms with Gasteiger partial charge in [-0.05, 0) is 49.8 Å². The van der Waals surface area contributed by atoms with Crippen molar-refractivity contribution in [2.45, 2.75) is 20.0 Å². The molecule has 0 atom stereocenters. The van der Waals surface area contributed by atoms with Gasteiger partial charge in [0.05, 0.1) is 21.7 Å². The van der Waals surface area contributed by atoms with Crippen molar-refractivity contribution < 1.29 is 9.53 Å². The van der Waals surface area contributed by atoms with Crippen LogP contribution in [0.2, 0.25) is 10.0 Å². The molecule has 0 amide bonds. The first-order valence-corrected chi connectivity index (χ1v) is 8.05. The predicted molar refractivity (Wildman–Crippen MR) is 96.6 cm³/mol. The maximum Gasteiger partial charge on any atom is 0.206 e. The second-order valence-electron chi connectivity index (χ2n) is 5.33. The Labute approximate surface area is 151 Å². The third kappa shape index (κ3) is 4.38. The topological polar surface area (TPSA) is 50.1 Å². The van der Waals surface area contributed by atoms with Crippen molar-refractivity contribution in [3.8, 4) is 11.8 Å². The molecule has 0 aliphatic heterocycles. The normalized spacial score (nSPS) is 11.2. The summed E-state index contributed by atoms with van der Waals surface area (Å²) in [5, 5.41) is 9.76. The van der Waals surface area contributed by atoms with Gasteiger partial charge in [0.2, 0.25) is 5.78 Å². The van der Waals surface area contributed by atoms with Crippen LogP contribution in [0.3, 0.4) is 0 Å². The minimum atomic E-state index is -0.504. The quantitative estimate of drug-likeness (QED) is 0.398. The molecule has 0 saturated carbocycles. The first-order chi connectivity index (χ1) is 11.4. The molecule has 5 heteroatoms. The van der Waals surface area contributed by atoms with Crippen LogP contribution in [0.5, 0.6) is 5.75 Å². The van der Waals surface area contributed by atoms with Gasteiger partial charge < -0.3 is 4.74 Å². The van der Waals surface area contributed by atoms with Crippen LogP contribution in [0.25, 0.3) is 6.08 Å². The van der Waals surface area contributed by atoms with Crippen LogP contribution >= 0.6 is 23.2 Å². The third-order valence-electron chi connectivity index (χ3n) is 3.12. The number of nitrogens with zero attached hydrogens (tertiary/aromatic N) is 1. The molecule has 0 aliphatic carbocycles. The van der Waals surface area contributed by atoms with E-state index >= 15 is 0 Å². The van der Waals surface area contributed by atoms with Crippen molar-refractivity contribution in [1.82, 2.24) is 0 Å². The summed E-state index contributed by atoms with van der Waals surface area (Å²) in [4.78, 5) is 12.5. The molecular weight excluding hydrogens is 345 g/mol. The molecular formula is C19H15Cl2NO2. The summed E-state index contributed by atoms with van der Waals surface area (Å²) >= 11 is 12.1. The number of ether oxygens (including phenoxy) is 1. The van der Waals surface area contributed by atoms with Crippen molar-refractivity contribution in [2.75, 3.05) is 0 Å². The molecule has 0 N–H and O–H groups in total. The Hall–Kier alpha value is -2.28. The van der Waals surface area contributed by atoms with Gasteiger partial charge in [-0.1, -0.05) is 41.4 Å². The second-order valence-corrected chi connectivity index (χ2v) is 6.15. The highest BCUT2D eigenvalue weighted by atomic mass is 35.5. The molecule has 0 aliphatic rings. The number of allylic oxidation sites excluding steroid dienone is 1. The SMILES string of the molecule is CC(C)Oc1ccc(/C=C(\C#N)C(=O)c2c(Cl)cccc2Cl)cc1. The van der Waals surface area contributed by atoms with Crippen LogP contribution in [0, 0.1) is 11.3 Å². The predicted octanol–water partition coefficient (Wildman–Crippen LogP) is 5.57. The number of rotatable bonds is 5. The summed E-state index contributed by atoms with van der Waals surface area (Å²) in [6, 6.07) is 13.8. The van der Waals surface area contributed by atoms with Gasteiger partial charge in [0.25, 0.3) is 0 Å². The Bertz CT molecular complexity index is 798. The van der Waals surface area contributed by atoms with Crippen LogP contribution in [-0.4, -0.2) is 11.9 Å². The smallest absolute Gasteiger partial charge is 0.206 e. The van der Waals surface area contributed by atoms with Crippen molar-refractivity contribution in [1.29, 1.82) is 5.26 Å². The number of nitriles is 1. The fraction of sp³-hybridized carbons (Fsp3) is 0.158. The molecule has 0 saturated heterocycles. The van der Waals surface area contributed by atoms with Crippen LogP contribution in [0.1, 0.15) is 29.8 Å². The Balaban J connectivity index is 2.32. The number of hydrogen-bond donors (Lipinski definition) is 0. The van der Waals surface area contributed by atoms with Gasteiger partial charge in [-0.2, -0.15) is 5.26 Å². The highest BCUT2D eigenvalue weighted by molar-refractivity contribution is 6.41. The van der Waals surface area contributed by atoms with Crippen molar-refractivity contribution in [2.24, 2.45) is 0 Å². The first kappa shape index (κ1) is 18.1. The molecule has 0 spiro atoms. The lowest BCUT2D eigenvalue weighted by atomic mass is 10.0. The van der Waals surface area contributed by atoms with Gasteiger partial charge in [0.15, 0.2) is 0 Å². The number of carbonyl (C=O) groups excluding carboxylic acids is 1. The average Bonchev–Trinajstić information content (AvgIpc) is 2.53. The fourth-order valence-corrected chi connectivity index (χ4v) is 2.65. The van der Waals surface area contributed by atoms with E-state index in [0.717, 1.165) is 5.75 Å². The molecule has 0 aromatic heterocycles. The standard InChI is InChI=1S/C19H15Cl2NO2/c1-12(2)24-15-8-6-13(7-9-15)10-14(11-22)19(23)18-16(20)4-3-5-17(18)21/h3-10,12H,1-2H3/b14-10+. The van der Waals surface area contributed by atoms with Crippen molar-refractivity contribution in [3.05, 3.63) is 69.2 Å². The Kier molecular flexibility index (Phi) is 6.03. The molecule has 3 nitrogen and oxygen atoms in total. The zero-order chi connectivity index (χ0) is 17.7. The van der Waals surface area contributed by atoms with Crippen molar-refractivity contribution in [3.63, 3.8) is 0 Å². The van der Waals surface area contributed by atoms with E-state index in [-0.39, 0.29) is 27.3 Å². The van der Waals surface area contributed by atoms with E-state index in [0.29, 0.717) is 5.56 Å². The van der Waals surface area contributed by atoms with E-state index in [1.165, 1.54) is 6.08 Å². The van der Waals surface area contributed by atoms with E-state index in [4.69, 9.17) is 27.9 Å². The minimum absolute atomic E-state index is 0.0393. The van der Waals surface area contributed by atoms with E-state index in [2.05, 4.69) is 0 Å². The van der Waals surface area contributed by atoms with Crippen LogP contribution in [-0.2, 0) is 0 Å². The Morgan fingerprint density at radius 3 is 2.21 bits per heavy atom. The lowest BCUT2D eigenvalue weighted by Gasteiger charge is -2.09. The molecule has 0 unspecified atom stereocenters. The average molecular weight is 360 g/mol. The van der Waals surface area contributed by atoms with E-state index in [9.17, 15) is 10.1 Å². The van der Waals surface area contributed by atoms with Crippen molar-refractivity contribution >= 4 is 35.1 Å².